The highest BCUT2D eigenvalue weighted by Gasteiger charge is 2.15. The van der Waals surface area contributed by atoms with Gasteiger partial charge in [-0.15, -0.1) is 11.3 Å². The molecule has 5 aromatic carbocycles. The first-order chi connectivity index (χ1) is 22.9. The second-order valence-electron chi connectivity index (χ2n) is 8.05. The topological polar surface area (TPSA) is 38.7 Å². The van der Waals surface area contributed by atoms with Crippen LogP contribution >= 0.6 is 11.3 Å². The maximum absolute atomic E-state index is 9.32. The van der Waals surface area contributed by atoms with E-state index in [1.54, 1.807) is 0 Å². The third kappa shape index (κ3) is 3.98. The Morgan fingerprint density at radius 2 is 1.14 bits per heavy atom. The monoisotopic (exact) mass is 502 g/mol. The van der Waals surface area contributed by atoms with Crippen molar-refractivity contribution in [2.45, 2.75) is 0 Å². The Morgan fingerprint density at radius 1 is 0.514 bits per heavy atom. The van der Waals surface area contributed by atoms with Crippen LogP contribution in [0.25, 0.3) is 65.5 Å². The van der Waals surface area contributed by atoms with E-state index in [1.165, 1.54) is 0 Å². The minimum absolute atomic E-state index is 0.0121. The van der Waals surface area contributed by atoms with E-state index < -0.39 is 54.4 Å². The van der Waals surface area contributed by atoms with E-state index in [4.69, 9.17) is 13.7 Å². The van der Waals surface area contributed by atoms with Crippen molar-refractivity contribution in [1.82, 2.24) is 15.0 Å². The Balaban J connectivity index is 1.59. The second kappa shape index (κ2) is 9.08. The summed E-state index contributed by atoms with van der Waals surface area (Å²) in [6, 6.07) is 12.6. The van der Waals surface area contributed by atoms with E-state index >= 15 is 0 Å². The summed E-state index contributed by atoms with van der Waals surface area (Å²) in [5, 5.41) is 0.00319. The number of hydrogen-bond donors (Lipinski definition) is 0. The third-order valence-electron chi connectivity index (χ3n) is 5.73. The van der Waals surface area contributed by atoms with Gasteiger partial charge in [-0.3, -0.25) is 0 Å². The van der Waals surface area contributed by atoms with Gasteiger partial charge in [-0.25, -0.2) is 15.0 Å². The van der Waals surface area contributed by atoms with Crippen LogP contribution in [-0.2, 0) is 0 Å². The van der Waals surface area contributed by atoms with Gasteiger partial charge in [-0.1, -0.05) is 121 Å². The van der Waals surface area contributed by atoms with Crippen LogP contribution in [0.1, 0.15) is 15.1 Å². The summed E-state index contributed by atoms with van der Waals surface area (Å²) >= 11 is 0.892. The van der Waals surface area contributed by atoms with Gasteiger partial charge in [0.1, 0.15) is 0 Å². The van der Waals surface area contributed by atoms with Crippen molar-refractivity contribution in [1.29, 1.82) is 0 Å². The highest BCUT2D eigenvalue weighted by atomic mass is 32.1. The van der Waals surface area contributed by atoms with Gasteiger partial charge in [0.05, 0.1) is 15.1 Å². The molecule has 4 heteroatoms. The molecule has 3 nitrogen and oxygen atoms in total. The van der Waals surface area contributed by atoms with Crippen molar-refractivity contribution < 1.29 is 15.1 Å². The number of nitrogens with zero attached hydrogens (tertiary/aromatic N) is 3. The molecule has 0 radical (unpaired) electrons. The number of hydrogen-bond acceptors (Lipinski definition) is 4. The van der Waals surface area contributed by atoms with Crippen LogP contribution in [0.5, 0.6) is 0 Å². The molecular weight excluding hydrogens is 470 g/mol. The quantitative estimate of drug-likeness (QED) is 0.241. The molecule has 2 heterocycles. The molecule has 0 fully saturated rings. The molecule has 0 amide bonds. The van der Waals surface area contributed by atoms with Gasteiger partial charge < -0.3 is 0 Å². The lowest BCUT2D eigenvalue weighted by atomic mass is 10.0. The van der Waals surface area contributed by atoms with Crippen LogP contribution < -0.4 is 0 Å². The smallest absolute Gasteiger partial charge is 0.164 e. The Labute approximate surface area is 234 Å². The molecule has 0 atom stereocenters. The van der Waals surface area contributed by atoms with E-state index in [1.807, 2.05) is 60.7 Å². The van der Waals surface area contributed by atoms with E-state index in [2.05, 4.69) is 15.0 Å². The van der Waals surface area contributed by atoms with E-state index in [0.29, 0.717) is 11.1 Å². The summed E-state index contributed by atoms with van der Waals surface area (Å²) in [6.07, 6.45) is 0. The minimum atomic E-state index is -0.627. The molecule has 0 unspecified atom stereocenters. The number of thiophene rings is 1. The van der Waals surface area contributed by atoms with Crippen molar-refractivity contribution in [3.05, 3.63) is 127 Å². The Kier molecular flexibility index (Phi) is 3.20. The van der Waals surface area contributed by atoms with Crippen molar-refractivity contribution in [3.8, 4) is 45.3 Å². The maximum Gasteiger partial charge on any atom is 0.164 e. The average Bonchev–Trinajstić information content (AvgIpc) is 3.51. The summed E-state index contributed by atoms with van der Waals surface area (Å²) in [7, 11) is 0. The van der Waals surface area contributed by atoms with Gasteiger partial charge in [-0.05, 0) is 17.2 Å². The summed E-state index contributed by atoms with van der Waals surface area (Å²) in [6.45, 7) is 0. The molecule has 0 spiro atoms. The zero-order valence-electron chi connectivity index (χ0n) is 30.0. The third-order valence-corrected chi connectivity index (χ3v) is 6.86. The highest BCUT2D eigenvalue weighted by molar-refractivity contribution is 7.26. The van der Waals surface area contributed by atoms with Gasteiger partial charge >= 0.3 is 0 Å². The molecule has 7 rings (SSSR count). The van der Waals surface area contributed by atoms with Crippen molar-refractivity contribution in [2.75, 3.05) is 0 Å². The van der Waals surface area contributed by atoms with Gasteiger partial charge in [0.2, 0.25) is 0 Å². The zero-order chi connectivity index (χ0) is 34.2. The first-order valence-corrected chi connectivity index (χ1v) is 12.1. The fraction of sp³-hybridized carbons (Fsp3) is 0. The molecule has 0 saturated carbocycles. The number of aromatic nitrogens is 3. The minimum Gasteiger partial charge on any atom is -0.208 e. The molecular formula is C33H21N3S. The van der Waals surface area contributed by atoms with E-state index in [0.717, 1.165) is 11.3 Å². The number of rotatable bonds is 4. The molecule has 0 bridgehead atoms. The Morgan fingerprint density at radius 3 is 1.78 bits per heavy atom. The molecule has 0 aliphatic heterocycles. The molecule has 0 aliphatic rings. The molecule has 0 N–H and O–H groups in total. The van der Waals surface area contributed by atoms with E-state index in [9.17, 15) is 1.37 Å². The Hall–Kier alpha value is -4.67. The first kappa shape index (κ1) is 13.0. The average molecular weight is 503 g/mol. The standard InChI is InChI=1S/C33H21N3S/c1-4-11-22(12-5-1)26-17-10-18-28-27-20-19-25(21-29(27)37-30(26)28)33-35-31(23-13-6-2-7-14-23)34-32(36-33)24-15-8-3-9-16-24/h1-21H/i1D,4D,5D,10D,11D,12D,17D,18D,19D,20D,21D. The maximum atomic E-state index is 9.32. The van der Waals surface area contributed by atoms with Crippen LogP contribution in [0.3, 0.4) is 0 Å². The largest absolute Gasteiger partial charge is 0.208 e. The molecule has 37 heavy (non-hydrogen) atoms. The van der Waals surface area contributed by atoms with Crippen LogP contribution in [0.4, 0.5) is 0 Å². The van der Waals surface area contributed by atoms with Crippen LogP contribution in [0.2, 0.25) is 0 Å². The lowest BCUT2D eigenvalue weighted by molar-refractivity contribution is 1.07. The van der Waals surface area contributed by atoms with Crippen molar-refractivity contribution in [2.24, 2.45) is 0 Å². The fourth-order valence-electron chi connectivity index (χ4n) is 4.00. The van der Waals surface area contributed by atoms with Gasteiger partial charge in [0.25, 0.3) is 0 Å². The van der Waals surface area contributed by atoms with Crippen LogP contribution in [0.15, 0.2) is 127 Å². The first-order valence-electron chi connectivity index (χ1n) is 16.8. The lowest BCUT2D eigenvalue weighted by Gasteiger charge is -2.08. The number of fused-ring (bicyclic) bond motifs is 3. The molecule has 0 aliphatic carbocycles. The van der Waals surface area contributed by atoms with Gasteiger partial charge in [0.15, 0.2) is 17.5 Å². The van der Waals surface area contributed by atoms with Crippen LogP contribution in [0, 0.1) is 0 Å². The SMILES string of the molecule is [2H]c1c([2H])c([2H])c(-c2c([2H])c([2H])c([2H])c3c2sc2c([2H])c(-c4nc(-c5ccccc5)nc(-c5ccccc5)n4)c([2H])c([2H])c23)c([2H])c1[2H]. The summed E-state index contributed by atoms with van der Waals surface area (Å²) in [5.74, 6) is 0.552. The molecule has 0 saturated heterocycles. The predicted molar refractivity (Wildman–Crippen MR) is 154 cm³/mol. The van der Waals surface area contributed by atoms with Crippen molar-refractivity contribution >= 4 is 31.5 Å². The summed E-state index contributed by atoms with van der Waals surface area (Å²) in [4.78, 5) is 13.9. The zero-order valence-corrected chi connectivity index (χ0v) is 19.8. The molecule has 2 aromatic heterocycles. The second-order valence-corrected chi connectivity index (χ2v) is 9.07. The summed E-state index contributed by atoms with van der Waals surface area (Å²) in [5.41, 5.74) is 0.771. The lowest BCUT2D eigenvalue weighted by Crippen LogP contribution is -1.99. The molecule has 7 aromatic rings. The normalized spacial score (nSPS) is 15.4. The van der Waals surface area contributed by atoms with E-state index in [-0.39, 0.29) is 66.4 Å². The van der Waals surface area contributed by atoms with Gasteiger partial charge in [-0.2, -0.15) is 0 Å². The predicted octanol–water partition coefficient (Wildman–Crippen LogP) is 8.91. The molecule has 174 valence electrons. The number of benzene rings is 5. The summed E-state index contributed by atoms with van der Waals surface area (Å²) < 4.78 is 95.4. The highest BCUT2D eigenvalue weighted by Crippen LogP contribution is 2.41. The van der Waals surface area contributed by atoms with Crippen LogP contribution in [-0.4, -0.2) is 15.0 Å². The van der Waals surface area contributed by atoms with Crippen molar-refractivity contribution in [3.63, 3.8) is 0 Å². The fourth-order valence-corrected chi connectivity index (χ4v) is 5.12. The van der Waals surface area contributed by atoms with Gasteiger partial charge in [0, 0.05) is 36.9 Å². The Bertz CT molecular complexity index is 2380.